The van der Waals surface area contributed by atoms with Crippen molar-refractivity contribution in [1.82, 2.24) is 15.2 Å². The molecule has 1 aliphatic heterocycles. The van der Waals surface area contributed by atoms with Crippen LogP contribution in [0.5, 0.6) is 0 Å². The van der Waals surface area contributed by atoms with Gasteiger partial charge in [0, 0.05) is 31.5 Å². The molecule has 3 aromatic rings. The number of halogens is 1. The van der Waals surface area contributed by atoms with Gasteiger partial charge in [-0.2, -0.15) is 0 Å². The van der Waals surface area contributed by atoms with Crippen molar-refractivity contribution in [3.05, 3.63) is 90.0 Å². The average molecular weight is 446 g/mol. The molecule has 33 heavy (non-hydrogen) atoms. The summed E-state index contributed by atoms with van der Waals surface area (Å²) in [6, 6.07) is 17.9. The summed E-state index contributed by atoms with van der Waals surface area (Å²) in [5, 5.41) is 3.07. The van der Waals surface area contributed by atoms with E-state index in [1.165, 1.54) is 12.1 Å². The van der Waals surface area contributed by atoms with Crippen molar-refractivity contribution < 1.29 is 14.0 Å². The number of nitrogens with zero attached hydrogens (tertiary/aromatic N) is 2. The maximum atomic E-state index is 13.4. The van der Waals surface area contributed by atoms with Crippen LogP contribution in [-0.2, 0) is 11.2 Å². The lowest BCUT2D eigenvalue weighted by Crippen LogP contribution is -2.47. The molecule has 0 unspecified atom stereocenters. The Morgan fingerprint density at radius 2 is 1.88 bits per heavy atom. The van der Waals surface area contributed by atoms with E-state index < -0.39 is 5.41 Å². The maximum Gasteiger partial charge on any atom is 0.255 e. The lowest BCUT2D eigenvalue weighted by atomic mass is 9.79. The van der Waals surface area contributed by atoms with Crippen molar-refractivity contribution in [3.8, 4) is 11.1 Å². The highest BCUT2D eigenvalue weighted by molar-refractivity contribution is 5.95. The summed E-state index contributed by atoms with van der Waals surface area (Å²) in [4.78, 5) is 32.2. The first kappa shape index (κ1) is 22.6. The molecule has 0 spiro atoms. The van der Waals surface area contributed by atoms with Crippen LogP contribution in [0, 0.1) is 11.2 Å². The molecule has 5 nitrogen and oxygen atoms in total. The highest BCUT2D eigenvalue weighted by atomic mass is 19.1. The van der Waals surface area contributed by atoms with Gasteiger partial charge in [0.2, 0.25) is 5.91 Å². The molecule has 4 rings (SSSR count). The number of likely N-dealkylation sites (tertiary alicyclic amines) is 1. The monoisotopic (exact) mass is 445 g/mol. The van der Waals surface area contributed by atoms with Gasteiger partial charge in [0.15, 0.2) is 0 Å². The molecule has 6 heteroatoms. The first-order valence-corrected chi connectivity index (χ1v) is 11.2. The van der Waals surface area contributed by atoms with Crippen molar-refractivity contribution >= 4 is 11.8 Å². The van der Waals surface area contributed by atoms with Crippen molar-refractivity contribution in [1.29, 1.82) is 0 Å². The Hall–Kier alpha value is -3.54. The minimum atomic E-state index is -0.719. The van der Waals surface area contributed by atoms with Crippen LogP contribution >= 0.6 is 0 Å². The molecule has 1 aliphatic rings. The first-order chi connectivity index (χ1) is 15.9. The van der Waals surface area contributed by atoms with Crippen LogP contribution in [-0.4, -0.2) is 40.8 Å². The Labute approximate surface area is 193 Å². The molecule has 1 aromatic heterocycles. The van der Waals surface area contributed by atoms with Gasteiger partial charge in [0.25, 0.3) is 5.91 Å². The number of pyridine rings is 1. The Kier molecular flexibility index (Phi) is 6.54. The SMILES string of the molecule is CC(C)NC(=O)[C@]1(Cc2cccc(-c3ccc(F)cc3)c2)CCN(C(=O)c2cccnc2)C1. The number of hydrogen-bond donors (Lipinski definition) is 1. The van der Waals surface area contributed by atoms with E-state index >= 15 is 0 Å². The minimum absolute atomic E-state index is 0.00278. The van der Waals surface area contributed by atoms with E-state index in [4.69, 9.17) is 0 Å². The fourth-order valence-electron chi connectivity index (χ4n) is 4.44. The Morgan fingerprint density at radius 1 is 1.09 bits per heavy atom. The normalized spacial score (nSPS) is 17.9. The second-order valence-corrected chi connectivity index (χ2v) is 9.01. The Bertz CT molecular complexity index is 1130. The lowest BCUT2D eigenvalue weighted by molar-refractivity contribution is -0.130. The van der Waals surface area contributed by atoms with E-state index in [2.05, 4.69) is 10.3 Å². The van der Waals surface area contributed by atoms with Crippen LogP contribution in [0.1, 0.15) is 36.2 Å². The van der Waals surface area contributed by atoms with Gasteiger partial charge in [-0.25, -0.2) is 4.39 Å². The highest BCUT2D eigenvalue weighted by Crippen LogP contribution is 2.36. The molecule has 2 amide bonds. The van der Waals surface area contributed by atoms with E-state index in [1.807, 2.05) is 38.1 Å². The third-order valence-electron chi connectivity index (χ3n) is 6.10. The second-order valence-electron chi connectivity index (χ2n) is 9.01. The van der Waals surface area contributed by atoms with E-state index in [0.29, 0.717) is 31.5 Å². The van der Waals surface area contributed by atoms with Crippen molar-refractivity contribution in [2.75, 3.05) is 13.1 Å². The van der Waals surface area contributed by atoms with Gasteiger partial charge in [0.1, 0.15) is 5.82 Å². The van der Waals surface area contributed by atoms with E-state index in [1.54, 1.807) is 41.6 Å². The number of nitrogens with one attached hydrogen (secondary N) is 1. The molecule has 170 valence electrons. The van der Waals surface area contributed by atoms with Crippen LogP contribution < -0.4 is 5.32 Å². The van der Waals surface area contributed by atoms with Crippen LogP contribution in [0.2, 0.25) is 0 Å². The largest absolute Gasteiger partial charge is 0.353 e. The molecular formula is C27H28FN3O2. The molecule has 0 bridgehead atoms. The molecule has 1 fully saturated rings. The predicted molar refractivity (Wildman–Crippen MR) is 126 cm³/mol. The van der Waals surface area contributed by atoms with Crippen molar-refractivity contribution in [2.45, 2.75) is 32.7 Å². The molecule has 2 aromatic carbocycles. The standard InChI is InChI=1S/C27H28FN3O2/c1-19(2)30-26(33)27(12-14-31(18-27)25(32)23-7-4-13-29-17-23)16-20-5-3-6-22(15-20)21-8-10-24(28)11-9-21/h3-11,13,15,17,19H,12,14,16,18H2,1-2H3,(H,30,33)/t27-/m0/s1. The zero-order valence-corrected chi connectivity index (χ0v) is 18.9. The van der Waals surface area contributed by atoms with Crippen molar-refractivity contribution in [2.24, 2.45) is 5.41 Å². The van der Waals surface area contributed by atoms with Crippen LogP contribution in [0.3, 0.4) is 0 Å². The van der Waals surface area contributed by atoms with E-state index in [0.717, 1.165) is 16.7 Å². The molecular weight excluding hydrogens is 417 g/mol. The van der Waals surface area contributed by atoms with Gasteiger partial charge in [0.05, 0.1) is 11.0 Å². The summed E-state index contributed by atoms with van der Waals surface area (Å²) in [5.41, 5.74) is 2.69. The second kappa shape index (κ2) is 9.53. The smallest absolute Gasteiger partial charge is 0.255 e. The number of carbonyl (C=O) groups excluding carboxylic acids is 2. The van der Waals surface area contributed by atoms with Gasteiger partial charge in [-0.3, -0.25) is 14.6 Å². The molecule has 1 saturated heterocycles. The Balaban J connectivity index is 1.61. The lowest BCUT2D eigenvalue weighted by Gasteiger charge is -2.29. The summed E-state index contributed by atoms with van der Waals surface area (Å²) in [7, 11) is 0. The zero-order chi connectivity index (χ0) is 23.4. The molecule has 0 radical (unpaired) electrons. The van der Waals surface area contributed by atoms with Gasteiger partial charge >= 0.3 is 0 Å². The number of amides is 2. The molecule has 1 N–H and O–H groups in total. The number of aromatic nitrogens is 1. The number of benzene rings is 2. The van der Waals surface area contributed by atoms with E-state index in [-0.39, 0.29) is 23.7 Å². The van der Waals surface area contributed by atoms with Crippen LogP contribution in [0.4, 0.5) is 4.39 Å². The van der Waals surface area contributed by atoms with Crippen LogP contribution in [0.15, 0.2) is 73.1 Å². The quantitative estimate of drug-likeness (QED) is 0.608. The van der Waals surface area contributed by atoms with Gasteiger partial charge in [-0.1, -0.05) is 36.4 Å². The predicted octanol–water partition coefficient (Wildman–Crippen LogP) is 4.49. The summed E-state index contributed by atoms with van der Waals surface area (Å²) in [6.45, 7) is 4.74. The maximum absolute atomic E-state index is 13.4. The van der Waals surface area contributed by atoms with E-state index in [9.17, 15) is 14.0 Å². The fourth-order valence-corrected chi connectivity index (χ4v) is 4.44. The molecule has 0 aliphatic carbocycles. The molecule has 2 heterocycles. The summed E-state index contributed by atoms with van der Waals surface area (Å²) in [5.74, 6) is -0.419. The zero-order valence-electron chi connectivity index (χ0n) is 18.9. The molecule has 0 saturated carbocycles. The third kappa shape index (κ3) is 5.11. The third-order valence-corrected chi connectivity index (χ3v) is 6.10. The van der Waals surface area contributed by atoms with Crippen LogP contribution in [0.25, 0.3) is 11.1 Å². The van der Waals surface area contributed by atoms with Gasteiger partial charge in [-0.15, -0.1) is 0 Å². The summed E-state index contributed by atoms with van der Waals surface area (Å²) >= 11 is 0. The number of carbonyl (C=O) groups is 2. The number of rotatable bonds is 6. The topological polar surface area (TPSA) is 62.3 Å². The molecule has 1 atom stereocenters. The highest BCUT2D eigenvalue weighted by Gasteiger charge is 2.46. The average Bonchev–Trinajstić information content (AvgIpc) is 3.25. The summed E-state index contributed by atoms with van der Waals surface area (Å²) < 4.78 is 13.3. The van der Waals surface area contributed by atoms with Crippen molar-refractivity contribution in [3.63, 3.8) is 0 Å². The van der Waals surface area contributed by atoms with Gasteiger partial charge < -0.3 is 10.2 Å². The Morgan fingerprint density at radius 3 is 2.58 bits per heavy atom. The van der Waals surface area contributed by atoms with Gasteiger partial charge in [-0.05, 0) is 67.6 Å². The minimum Gasteiger partial charge on any atom is -0.353 e. The number of hydrogen-bond acceptors (Lipinski definition) is 3. The fraction of sp³-hybridized carbons (Fsp3) is 0.296. The first-order valence-electron chi connectivity index (χ1n) is 11.2. The summed E-state index contributed by atoms with van der Waals surface area (Å²) in [6.07, 6.45) is 4.29.